The van der Waals surface area contributed by atoms with Gasteiger partial charge < -0.3 is 4.74 Å². The van der Waals surface area contributed by atoms with Crippen LogP contribution in [0.15, 0.2) is 42.5 Å². The van der Waals surface area contributed by atoms with Gasteiger partial charge in [0, 0.05) is 31.1 Å². The van der Waals surface area contributed by atoms with Crippen molar-refractivity contribution in [2.75, 3.05) is 18.2 Å². The van der Waals surface area contributed by atoms with Crippen LogP contribution in [0.1, 0.15) is 28.4 Å². The van der Waals surface area contributed by atoms with Crippen LogP contribution in [0.4, 0.5) is 0 Å². The summed E-state index contributed by atoms with van der Waals surface area (Å²) in [7, 11) is 0. The molecule has 5 rings (SSSR count). The zero-order valence-corrected chi connectivity index (χ0v) is 14.5. The molecule has 0 bridgehead atoms. The Morgan fingerprint density at radius 1 is 1.08 bits per heavy atom. The Bertz CT molecular complexity index is 732. The highest BCUT2D eigenvalue weighted by Crippen LogP contribution is 2.37. The average Bonchev–Trinajstić information content (AvgIpc) is 3.30. The first-order valence-corrected chi connectivity index (χ1v) is 9.94. The number of hydrogen-bond donors (Lipinski definition) is 1. The summed E-state index contributed by atoms with van der Waals surface area (Å²) < 4.78 is 6.16. The molecule has 0 radical (unpaired) electrons. The SMILES string of the molecule is c1ccc2c(c1)CC(c1ccc3c(c1)CCN(C1CSCN1)C3)O2. The van der Waals surface area contributed by atoms with E-state index in [4.69, 9.17) is 4.74 Å². The maximum Gasteiger partial charge on any atom is 0.128 e. The lowest BCUT2D eigenvalue weighted by molar-refractivity contribution is 0.176. The molecule has 2 aromatic rings. The first-order valence-electron chi connectivity index (χ1n) is 8.78. The Labute approximate surface area is 147 Å². The summed E-state index contributed by atoms with van der Waals surface area (Å²) in [6, 6.07) is 15.4. The van der Waals surface area contributed by atoms with Gasteiger partial charge in [-0.05, 0) is 34.7 Å². The third kappa shape index (κ3) is 2.63. The van der Waals surface area contributed by atoms with Gasteiger partial charge in [0.05, 0.1) is 6.17 Å². The molecule has 3 nitrogen and oxygen atoms in total. The Hall–Kier alpha value is -1.49. The minimum atomic E-state index is 0.179. The molecule has 2 aromatic carbocycles. The van der Waals surface area contributed by atoms with Crippen LogP contribution in [0.25, 0.3) is 0 Å². The lowest BCUT2D eigenvalue weighted by Crippen LogP contribution is -2.45. The molecule has 0 spiro atoms. The normalized spacial score (nSPS) is 26.0. The molecule has 3 heterocycles. The lowest BCUT2D eigenvalue weighted by atomic mass is 9.94. The van der Waals surface area contributed by atoms with Gasteiger partial charge in [-0.2, -0.15) is 0 Å². The Kier molecular flexibility index (Phi) is 3.77. The molecule has 0 aliphatic carbocycles. The fourth-order valence-electron chi connectivity index (χ4n) is 4.05. The zero-order valence-electron chi connectivity index (χ0n) is 13.7. The largest absolute Gasteiger partial charge is 0.485 e. The summed E-state index contributed by atoms with van der Waals surface area (Å²) in [6.07, 6.45) is 2.87. The van der Waals surface area contributed by atoms with E-state index < -0.39 is 0 Å². The van der Waals surface area contributed by atoms with Crippen molar-refractivity contribution in [3.05, 3.63) is 64.7 Å². The lowest BCUT2D eigenvalue weighted by Gasteiger charge is -2.33. The van der Waals surface area contributed by atoms with Crippen LogP contribution in [0.2, 0.25) is 0 Å². The molecule has 3 aliphatic rings. The summed E-state index contributed by atoms with van der Waals surface area (Å²) in [5.41, 5.74) is 5.65. The third-order valence-corrected chi connectivity index (χ3v) is 6.35. The standard InChI is InChI=1S/C20H22N2OS/c1-2-4-18-15(3-1)10-19(23-18)16-5-6-17-11-22(8-7-14(17)9-16)20-12-24-13-21-20/h1-6,9,19-21H,7-8,10-13H2. The van der Waals surface area contributed by atoms with Gasteiger partial charge in [-0.15, -0.1) is 11.8 Å². The van der Waals surface area contributed by atoms with Crippen molar-refractivity contribution in [2.24, 2.45) is 0 Å². The minimum Gasteiger partial charge on any atom is -0.485 e. The van der Waals surface area contributed by atoms with Crippen LogP contribution in [0.5, 0.6) is 5.75 Å². The maximum absolute atomic E-state index is 6.16. The van der Waals surface area contributed by atoms with Gasteiger partial charge in [0.2, 0.25) is 0 Å². The second-order valence-electron chi connectivity index (χ2n) is 6.90. The number of rotatable bonds is 2. The van der Waals surface area contributed by atoms with Gasteiger partial charge in [-0.3, -0.25) is 10.2 Å². The highest BCUT2D eigenvalue weighted by atomic mass is 32.2. The molecule has 3 aliphatic heterocycles. The van der Waals surface area contributed by atoms with E-state index in [9.17, 15) is 0 Å². The smallest absolute Gasteiger partial charge is 0.128 e. The van der Waals surface area contributed by atoms with Gasteiger partial charge in [0.1, 0.15) is 11.9 Å². The molecule has 2 atom stereocenters. The molecule has 1 saturated heterocycles. The van der Waals surface area contributed by atoms with E-state index >= 15 is 0 Å². The number of fused-ring (bicyclic) bond motifs is 2. The predicted octanol–water partition coefficient (Wildman–Crippen LogP) is 3.34. The van der Waals surface area contributed by atoms with E-state index in [1.54, 1.807) is 0 Å². The quantitative estimate of drug-likeness (QED) is 0.908. The van der Waals surface area contributed by atoms with Gasteiger partial charge in [0.15, 0.2) is 0 Å². The number of ether oxygens (including phenoxy) is 1. The number of benzene rings is 2. The van der Waals surface area contributed by atoms with Gasteiger partial charge >= 0.3 is 0 Å². The van der Waals surface area contributed by atoms with Crippen LogP contribution in [0.3, 0.4) is 0 Å². The molecule has 24 heavy (non-hydrogen) atoms. The van der Waals surface area contributed by atoms with Crippen molar-refractivity contribution in [3.8, 4) is 5.75 Å². The summed E-state index contributed by atoms with van der Waals surface area (Å²) in [5, 5.41) is 3.59. The topological polar surface area (TPSA) is 24.5 Å². The predicted molar refractivity (Wildman–Crippen MR) is 98.3 cm³/mol. The van der Waals surface area contributed by atoms with Gasteiger partial charge in [0.25, 0.3) is 0 Å². The van der Waals surface area contributed by atoms with E-state index in [1.807, 2.05) is 11.8 Å². The maximum atomic E-state index is 6.16. The highest BCUT2D eigenvalue weighted by molar-refractivity contribution is 7.99. The first-order chi connectivity index (χ1) is 11.9. The Morgan fingerprint density at radius 2 is 2.04 bits per heavy atom. The van der Waals surface area contributed by atoms with E-state index in [2.05, 4.69) is 52.7 Å². The average molecular weight is 338 g/mol. The van der Waals surface area contributed by atoms with Crippen LogP contribution in [-0.2, 0) is 19.4 Å². The van der Waals surface area contributed by atoms with E-state index in [0.29, 0.717) is 6.17 Å². The van der Waals surface area contributed by atoms with Crippen LogP contribution in [0, 0.1) is 0 Å². The van der Waals surface area contributed by atoms with Crippen molar-refractivity contribution >= 4 is 11.8 Å². The van der Waals surface area contributed by atoms with Crippen molar-refractivity contribution in [3.63, 3.8) is 0 Å². The number of hydrogen-bond acceptors (Lipinski definition) is 4. The molecular formula is C20H22N2OS. The third-order valence-electron chi connectivity index (χ3n) is 5.43. The van der Waals surface area contributed by atoms with Gasteiger partial charge in [-0.1, -0.05) is 36.4 Å². The molecule has 124 valence electrons. The second kappa shape index (κ2) is 6.10. The summed E-state index contributed by atoms with van der Waals surface area (Å²) in [4.78, 5) is 2.59. The summed E-state index contributed by atoms with van der Waals surface area (Å²) in [6.45, 7) is 2.22. The number of nitrogens with one attached hydrogen (secondary N) is 1. The first kappa shape index (κ1) is 14.8. The van der Waals surface area contributed by atoms with E-state index in [1.165, 1.54) is 28.0 Å². The van der Waals surface area contributed by atoms with Gasteiger partial charge in [-0.25, -0.2) is 0 Å². The summed E-state index contributed by atoms with van der Waals surface area (Å²) >= 11 is 2.00. The van der Waals surface area contributed by atoms with Crippen molar-refractivity contribution in [2.45, 2.75) is 31.7 Å². The summed E-state index contributed by atoms with van der Waals surface area (Å²) in [5.74, 6) is 3.35. The fourth-order valence-corrected chi connectivity index (χ4v) is 5.03. The highest BCUT2D eigenvalue weighted by Gasteiger charge is 2.28. The number of nitrogens with zero attached hydrogens (tertiary/aromatic N) is 1. The molecule has 0 amide bonds. The zero-order chi connectivity index (χ0) is 15.9. The minimum absolute atomic E-state index is 0.179. The second-order valence-corrected chi connectivity index (χ2v) is 7.93. The molecular weight excluding hydrogens is 316 g/mol. The Balaban J connectivity index is 1.34. The molecule has 4 heteroatoms. The monoisotopic (exact) mass is 338 g/mol. The number of para-hydroxylation sites is 1. The van der Waals surface area contributed by atoms with E-state index in [0.717, 1.165) is 37.6 Å². The van der Waals surface area contributed by atoms with E-state index in [-0.39, 0.29) is 6.10 Å². The molecule has 1 N–H and O–H groups in total. The van der Waals surface area contributed by atoms with Crippen molar-refractivity contribution in [1.29, 1.82) is 0 Å². The van der Waals surface area contributed by atoms with Crippen LogP contribution in [-0.4, -0.2) is 29.2 Å². The number of thioether (sulfide) groups is 1. The molecule has 0 saturated carbocycles. The molecule has 2 unspecified atom stereocenters. The van der Waals surface area contributed by atoms with Crippen LogP contribution >= 0.6 is 11.8 Å². The fraction of sp³-hybridized carbons (Fsp3) is 0.400. The van der Waals surface area contributed by atoms with Crippen LogP contribution < -0.4 is 10.1 Å². The molecule has 0 aromatic heterocycles. The molecule has 1 fully saturated rings. The van der Waals surface area contributed by atoms with Crippen molar-refractivity contribution in [1.82, 2.24) is 10.2 Å². The Morgan fingerprint density at radius 3 is 2.92 bits per heavy atom. The van der Waals surface area contributed by atoms with Crippen molar-refractivity contribution < 1.29 is 4.74 Å².